The molecule has 106 valence electrons. The Labute approximate surface area is 110 Å². The van der Waals surface area contributed by atoms with Gasteiger partial charge in [-0.05, 0) is 47.0 Å². The van der Waals surface area contributed by atoms with Crippen LogP contribution in [0.3, 0.4) is 0 Å². The fourth-order valence-electron chi connectivity index (χ4n) is 2.69. The second-order valence-corrected chi connectivity index (χ2v) is 5.62. The van der Waals surface area contributed by atoms with E-state index < -0.39 is 12.0 Å². The van der Waals surface area contributed by atoms with Crippen LogP contribution in [0, 0.1) is 0 Å². The summed E-state index contributed by atoms with van der Waals surface area (Å²) in [5, 5.41) is 12.1. The van der Waals surface area contributed by atoms with Crippen molar-refractivity contribution in [3.8, 4) is 0 Å². The zero-order valence-electron chi connectivity index (χ0n) is 12.1. The van der Waals surface area contributed by atoms with Crippen molar-refractivity contribution in [3.05, 3.63) is 0 Å². The predicted octanol–water partition coefficient (Wildman–Crippen LogP) is 0.465. The SMILES string of the molecule is CCNC(CN(C)CC1(N(C)C)CCC1)C(=O)O. The Morgan fingerprint density at radius 2 is 2.00 bits per heavy atom. The average Bonchev–Trinajstić information content (AvgIpc) is 2.22. The lowest BCUT2D eigenvalue weighted by atomic mass is 9.75. The first-order chi connectivity index (χ1) is 8.41. The summed E-state index contributed by atoms with van der Waals surface area (Å²) in [7, 11) is 6.24. The summed E-state index contributed by atoms with van der Waals surface area (Å²) in [6.45, 7) is 4.11. The van der Waals surface area contributed by atoms with Crippen molar-refractivity contribution in [1.82, 2.24) is 15.1 Å². The van der Waals surface area contributed by atoms with E-state index >= 15 is 0 Å². The van der Waals surface area contributed by atoms with Crippen molar-refractivity contribution in [3.63, 3.8) is 0 Å². The van der Waals surface area contributed by atoms with Crippen LogP contribution in [0.15, 0.2) is 0 Å². The lowest BCUT2D eigenvalue weighted by Gasteiger charge is -2.49. The fraction of sp³-hybridized carbons (Fsp3) is 0.923. The Kier molecular flexibility index (Phi) is 5.56. The lowest BCUT2D eigenvalue weighted by Crippen LogP contribution is -2.58. The minimum atomic E-state index is -0.767. The first kappa shape index (κ1) is 15.4. The van der Waals surface area contributed by atoms with Gasteiger partial charge in [-0.3, -0.25) is 4.79 Å². The summed E-state index contributed by atoms with van der Waals surface area (Å²) in [5.41, 5.74) is 0.254. The molecule has 0 amide bonds. The Balaban J connectivity index is 2.49. The zero-order valence-corrected chi connectivity index (χ0v) is 12.1. The molecule has 0 radical (unpaired) electrons. The molecule has 1 saturated carbocycles. The molecule has 0 aromatic carbocycles. The smallest absolute Gasteiger partial charge is 0.322 e. The van der Waals surface area contributed by atoms with Crippen LogP contribution in [0.25, 0.3) is 0 Å². The molecule has 1 aliphatic carbocycles. The van der Waals surface area contributed by atoms with Crippen molar-refractivity contribution >= 4 is 5.97 Å². The van der Waals surface area contributed by atoms with Gasteiger partial charge in [0.1, 0.15) is 6.04 Å². The number of likely N-dealkylation sites (N-methyl/N-ethyl adjacent to an activating group) is 3. The van der Waals surface area contributed by atoms with Crippen LogP contribution in [0.4, 0.5) is 0 Å². The molecule has 0 bridgehead atoms. The largest absolute Gasteiger partial charge is 0.480 e. The van der Waals surface area contributed by atoms with Gasteiger partial charge in [0.15, 0.2) is 0 Å². The van der Waals surface area contributed by atoms with Crippen molar-refractivity contribution < 1.29 is 9.90 Å². The number of rotatable bonds is 8. The first-order valence-electron chi connectivity index (χ1n) is 6.73. The monoisotopic (exact) mass is 257 g/mol. The summed E-state index contributed by atoms with van der Waals surface area (Å²) in [4.78, 5) is 15.5. The third-order valence-electron chi connectivity index (χ3n) is 4.04. The predicted molar refractivity (Wildman–Crippen MR) is 72.9 cm³/mol. The zero-order chi connectivity index (χ0) is 13.8. The molecule has 1 rings (SSSR count). The molecule has 0 aliphatic heterocycles. The van der Waals surface area contributed by atoms with Gasteiger partial charge in [0.2, 0.25) is 0 Å². The van der Waals surface area contributed by atoms with E-state index in [-0.39, 0.29) is 5.54 Å². The van der Waals surface area contributed by atoms with E-state index in [1.54, 1.807) is 0 Å². The van der Waals surface area contributed by atoms with Crippen molar-refractivity contribution in [2.45, 2.75) is 37.8 Å². The van der Waals surface area contributed by atoms with E-state index in [0.29, 0.717) is 13.1 Å². The average molecular weight is 257 g/mol. The molecule has 5 nitrogen and oxygen atoms in total. The number of carboxylic acid groups (broad SMARTS) is 1. The number of carboxylic acids is 1. The molecule has 0 aromatic heterocycles. The third-order valence-corrected chi connectivity index (χ3v) is 4.04. The minimum absolute atomic E-state index is 0.254. The van der Waals surface area contributed by atoms with Gasteiger partial charge in [-0.25, -0.2) is 0 Å². The van der Waals surface area contributed by atoms with Crippen LogP contribution in [-0.4, -0.2) is 73.2 Å². The number of nitrogens with one attached hydrogen (secondary N) is 1. The quantitative estimate of drug-likeness (QED) is 0.662. The summed E-state index contributed by atoms with van der Waals surface area (Å²) in [5.74, 6) is -0.767. The second kappa shape index (κ2) is 6.50. The molecular weight excluding hydrogens is 230 g/mol. The number of nitrogens with zero attached hydrogens (tertiary/aromatic N) is 2. The van der Waals surface area contributed by atoms with Crippen LogP contribution in [-0.2, 0) is 4.79 Å². The van der Waals surface area contributed by atoms with Gasteiger partial charge in [-0.2, -0.15) is 0 Å². The normalized spacial score (nSPS) is 19.9. The summed E-state index contributed by atoms with van der Waals surface area (Å²) in [6, 6.07) is -0.473. The van der Waals surface area contributed by atoms with Crippen molar-refractivity contribution in [1.29, 1.82) is 0 Å². The highest BCUT2D eigenvalue weighted by Gasteiger charge is 2.40. The minimum Gasteiger partial charge on any atom is -0.480 e. The highest BCUT2D eigenvalue weighted by molar-refractivity contribution is 5.73. The molecule has 0 heterocycles. The van der Waals surface area contributed by atoms with E-state index in [1.165, 1.54) is 19.3 Å². The fourth-order valence-corrected chi connectivity index (χ4v) is 2.69. The molecule has 1 fully saturated rings. The maximum absolute atomic E-state index is 11.1. The highest BCUT2D eigenvalue weighted by atomic mass is 16.4. The van der Waals surface area contributed by atoms with E-state index in [9.17, 15) is 4.79 Å². The molecule has 5 heteroatoms. The molecule has 0 saturated heterocycles. The molecule has 0 spiro atoms. The topological polar surface area (TPSA) is 55.8 Å². The van der Waals surface area contributed by atoms with Crippen LogP contribution >= 0.6 is 0 Å². The summed E-state index contributed by atoms with van der Waals surface area (Å²) >= 11 is 0. The van der Waals surface area contributed by atoms with Crippen LogP contribution in [0.1, 0.15) is 26.2 Å². The van der Waals surface area contributed by atoms with Gasteiger partial charge >= 0.3 is 5.97 Å². The first-order valence-corrected chi connectivity index (χ1v) is 6.73. The van der Waals surface area contributed by atoms with Crippen molar-refractivity contribution in [2.24, 2.45) is 0 Å². The summed E-state index contributed by atoms with van der Waals surface area (Å²) < 4.78 is 0. The van der Waals surface area contributed by atoms with E-state index in [2.05, 4.69) is 29.2 Å². The highest BCUT2D eigenvalue weighted by Crippen LogP contribution is 2.36. The molecule has 1 aliphatic rings. The summed E-state index contributed by atoms with van der Waals surface area (Å²) in [6.07, 6.45) is 3.70. The third kappa shape index (κ3) is 3.67. The van der Waals surface area contributed by atoms with Crippen molar-refractivity contribution in [2.75, 3.05) is 40.8 Å². The molecular formula is C13H27N3O2. The molecule has 0 aromatic rings. The number of hydrogen-bond acceptors (Lipinski definition) is 4. The van der Waals surface area contributed by atoms with E-state index in [4.69, 9.17) is 5.11 Å². The van der Waals surface area contributed by atoms with Crippen LogP contribution in [0.2, 0.25) is 0 Å². The van der Waals surface area contributed by atoms with Gasteiger partial charge in [0.05, 0.1) is 0 Å². The maximum atomic E-state index is 11.1. The van der Waals surface area contributed by atoms with E-state index in [0.717, 1.165) is 6.54 Å². The Morgan fingerprint density at radius 3 is 2.33 bits per heavy atom. The second-order valence-electron chi connectivity index (χ2n) is 5.62. The van der Waals surface area contributed by atoms with Gasteiger partial charge in [0.25, 0.3) is 0 Å². The Bertz CT molecular complexity index is 277. The number of aliphatic carboxylic acids is 1. The van der Waals surface area contributed by atoms with Gasteiger partial charge in [-0.15, -0.1) is 0 Å². The van der Waals surface area contributed by atoms with Gasteiger partial charge in [0, 0.05) is 18.6 Å². The molecule has 1 atom stereocenters. The maximum Gasteiger partial charge on any atom is 0.322 e. The van der Waals surface area contributed by atoms with Gasteiger partial charge in [-0.1, -0.05) is 6.92 Å². The lowest BCUT2D eigenvalue weighted by molar-refractivity contribution is -0.140. The standard InChI is InChI=1S/C13H27N3O2/c1-5-14-11(12(17)18)9-16(4)10-13(15(2)3)7-6-8-13/h11,14H,5-10H2,1-4H3,(H,17,18). The Morgan fingerprint density at radius 1 is 1.39 bits per heavy atom. The molecule has 1 unspecified atom stereocenters. The Hall–Kier alpha value is -0.650. The van der Waals surface area contributed by atoms with Crippen LogP contribution < -0.4 is 5.32 Å². The number of hydrogen-bond donors (Lipinski definition) is 2. The van der Waals surface area contributed by atoms with E-state index in [1.807, 2.05) is 14.0 Å². The molecule has 2 N–H and O–H groups in total. The number of carbonyl (C=O) groups is 1. The van der Waals surface area contributed by atoms with Crippen LogP contribution in [0.5, 0.6) is 0 Å². The van der Waals surface area contributed by atoms with Gasteiger partial charge < -0.3 is 20.2 Å². The molecule has 18 heavy (non-hydrogen) atoms.